The van der Waals surface area contributed by atoms with Crippen molar-refractivity contribution in [2.75, 3.05) is 7.05 Å². The highest BCUT2D eigenvalue weighted by atomic mass is 35.5. The van der Waals surface area contributed by atoms with E-state index in [9.17, 15) is 0 Å². The topological polar surface area (TPSA) is 12.0 Å². The van der Waals surface area contributed by atoms with Crippen LogP contribution in [0.4, 0.5) is 0 Å². The zero-order chi connectivity index (χ0) is 11.1. The van der Waals surface area contributed by atoms with E-state index in [2.05, 4.69) is 23.2 Å². The lowest BCUT2D eigenvalue weighted by molar-refractivity contribution is 0.573. The molecule has 1 nitrogen and oxygen atoms in total. The van der Waals surface area contributed by atoms with Gasteiger partial charge in [-0.2, -0.15) is 0 Å². The first-order valence-corrected chi connectivity index (χ1v) is 5.46. The summed E-state index contributed by atoms with van der Waals surface area (Å²) in [6.07, 6.45) is 1.78. The second-order valence-electron chi connectivity index (χ2n) is 3.41. The summed E-state index contributed by atoms with van der Waals surface area (Å²) in [6.45, 7) is 1.86. The molecule has 0 fully saturated rings. The highest BCUT2D eigenvalue weighted by Gasteiger charge is 2.07. The molecule has 80 valence electrons. The maximum atomic E-state index is 6.10. The van der Waals surface area contributed by atoms with Crippen molar-refractivity contribution in [2.24, 2.45) is 0 Å². The average molecular weight is 222 g/mol. The maximum Gasteiger partial charge on any atom is 0.0438 e. The van der Waals surface area contributed by atoms with Gasteiger partial charge < -0.3 is 5.32 Å². The summed E-state index contributed by atoms with van der Waals surface area (Å²) in [5.41, 5.74) is 1.18. The summed E-state index contributed by atoms with van der Waals surface area (Å²) in [5.74, 6) is 5.99. The molecular formula is C13H16ClN. The fourth-order valence-corrected chi connectivity index (χ4v) is 1.64. The first-order chi connectivity index (χ1) is 7.27. The Balaban J connectivity index is 2.65. The summed E-state index contributed by atoms with van der Waals surface area (Å²) >= 11 is 6.10. The third-order valence-corrected chi connectivity index (χ3v) is 2.73. The molecule has 1 N–H and O–H groups in total. The predicted molar refractivity (Wildman–Crippen MR) is 66.1 cm³/mol. The summed E-state index contributed by atoms with van der Waals surface area (Å²) < 4.78 is 0. The Morgan fingerprint density at radius 3 is 2.73 bits per heavy atom. The molecular weight excluding hydrogens is 206 g/mol. The molecule has 0 aliphatic rings. The zero-order valence-corrected chi connectivity index (χ0v) is 9.93. The lowest BCUT2D eigenvalue weighted by Gasteiger charge is -2.13. The molecule has 0 heterocycles. The number of hydrogen-bond acceptors (Lipinski definition) is 1. The number of nitrogens with one attached hydrogen (secondary N) is 1. The van der Waals surface area contributed by atoms with Gasteiger partial charge >= 0.3 is 0 Å². The van der Waals surface area contributed by atoms with Crippen molar-refractivity contribution in [1.29, 1.82) is 0 Å². The van der Waals surface area contributed by atoms with Crippen LogP contribution in [0.2, 0.25) is 5.02 Å². The third kappa shape index (κ3) is 3.95. The molecule has 15 heavy (non-hydrogen) atoms. The maximum absolute atomic E-state index is 6.10. The van der Waals surface area contributed by atoms with Gasteiger partial charge in [-0.1, -0.05) is 29.8 Å². The lowest BCUT2D eigenvalue weighted by Crippen LogP contribution is -2.27. The third-order valence-electron chi connectivity index (χ3n) is 2.36. The van der Waals surface area contributed by atoms with Crippen LogP contribution in [0.3, 0.4) is 0 Å². The molecule has 1 aromatic carbocycles. The summed E-state index contributed by atoms with van der Waals surface area (Å²) in [5, 5.41) is 4.09. The predicted octanol–water partition coefficient (Wildman–Crippen LogP) is 2.88. The van der Waals surface area contributed by atoms with Crippen LogP contribution in [0.1, 0.15) is 18.9 Å². The van der Waals surface area contributed by atoms with Crippen LogP contribution >= 0.6 is 11.6 Å². The van der Waals surface area contributed by atoms with E-state index < -0.39 is 0 Å². The summed E-state index contributed by atoms with van der Waals surface area (Å²) in [6, 6.07) is 8.32. The smallest absolute Gasteiger partial charge is 0.0438 e. The van der Waals surface area contributed by atoms with Gasteiger partial charge in [0.25, 0.3) is 0 Å². The van der Waals surface area contributed by atoms with Crippen LogP contribution in [0.25, 0.3) is 0 Å². The molecule has 0 saturated carbocycles. The lowest BCUT2D eigenvalue weighted by atomic mass is 10.0. The van der Waals surface area contributed by atoms with E-state index in [1.54, 1.807) is 0 Å². The van der Waals surface area contributed by atoms with Crippen LogP contribution in [-0.2, 0) is 6.42 Å². The molecule has 0 saturated heterocycles. The fourth-order valence-electron chi connectivity index (χ4n) is 1.43. The molecule has 1 atom stereocenters. The molecule has 1 rings (SSSR count). The molecule has 0 amide bonds. The van der Waals surface area contributed by atoms with Crippen LogP contribution in [0.5, 0.6) is 0 Å². The van der Waals surface area contributed by atoms with Gasteiger partial charge in [0.05, 0.1) is 0 Å². The second-order valence-corrected chi connectivity index (χ2v) is 3.82. The SMILES string of the molecule is CC#CCC(Cc1ccccc1Cl)NC. The first kappa shape index (κ1) is 12.1. The Kier molecular flexibility index (Phi) is 5.25. The van der Waals surface area contributed by atoms with Gasteiger partial charge in [-0.15, -0.1) is 11.8 Å². The van der Waals surface area contributed by atoms with Crippen molar-refractivity contribution in [3.05, 3.63) is 34.9 Å². The molecule has 0 aromatic heterocycles. The summed E-state index contributed by atoms with van der Waals surface area (Å²) in [7, 11) is 1.96. The van der Waals surface area contributed by atoms with Crippen LogP contribution in [0.15, 0.2) is 24.3 Å². The standard InChI is InChI=1S/C13H16ClN/c1-3-4-8-12(15-2)10-11-7-5-6-9-13(11)14/h5-7,9,12,15H,8,10H2,1-2H3. The minimum Gasteiger partial charge on any atom is -0.316 e. The minimum atomic E-state index is 0.373. The summed E-state index contributed by atoms with van der Waals surface area (Å²) in [4.78, 5) is 0. The minimum absolute atomic E-state index is 0.373. The number of likely N-dealkylation sites (N-methyl/N-ethyl adjacent to an activating group) is 1. The highest BCUT2D eigenvalue weighted by molar-refractivity contribution is 6.31. The Morgan fingerprint density at radius 1 is 1.40 bits per heavy atom. The van der Waals surface area contributed by atoms with Gasteiger partial charge in [0.1, 0.15) is 0 Å². The average Bonchev–Trinajstić information content (AvgIpc) is 2.26. The van der Waals surface area contributed by atoms with E-state index in [4.69, 9.17) is 11.6 Å². The van der Waals surface area contributed by atoms with Gasteiger partial charge in [0.2, 0.25) is 0 Å². The molecule has 1 unspecified atom stereocenters. The van der Waals surface area contributed by atoms with E-state index in [-0.39, 0.29) is 0 Å². The van der Waals surface area contributed by atoms with E-state index >= 15 is 0 Å². The van der Waals surface area contributed by atoms with Crippen molar-refractivity contribution < 1.29 is 0 Å². The fraction of sp³-hybridized carbons (Fsp3) is 0.385. The van der Waals surface area contributed by atoms with Crippen molar-refractivity contribution in [1.82, 2.24) is 5.32 Å². The van der Waals surface area contributed by atoms with Crippen molar-refractivity contribution in [3.8, 4) is 11.8 Å². The van der Waals surface area contributed by atoms with E-state index in [0.717, 1.165) is 17.9 Å². The number of hydrogen-bond donors (Lipinski definition) is 1. The van der Waals surface area contributed by atoms with Crippen molar-refractivity contribution in [2.45, 2.75) is 25.8 Å². The van der Waals surface area contributed by atoms with Gasteiger partial charge in [-0.25, -0.2) is 0 Å². The van der Waals surface area contributed by atoms with Gasteiger partial charge in [0.15, 0.2) is 0 Å². The Labute approximate surface area is 96.8 Å². The number of benzene rings is 1. The monoisotopic (exact) mass is 221 g/mol. The van der Waals surface area contributed by atoms with E-state index in [1.807, 2.05) is 32.2 Å². The Morgan fingerprint density at radius 2 is 2.13 bits per heavy atom. The molecule has 0 spiro atoms. The molecule has 2 heteroatoms. The van der Waals surface area contributed by atoms with Crippen LogP contribution in [-0.4, -0.2) is 13.1 Å². The largest absolute Gasteiger partial charge is 0.316 e. The molecule has 1 aromatic rings. The van der Waals surface area contributed by atoms with E-state index in [0.29, 0.717) is 6.04 Å². The Hall–Kier alpha value is -0.970. The van der Waals surface area contributed by atoms with Gasteiger partial charge in [-0.05, 0) is 32.0 Å². The normalized spacial score (nSPS) is 11.7. The van der Waals surface area contributed by atoms with Crippen LogP contribution < -0.4 is 5.32 Å². The first-order valence-electron chi connectivity index (χ1n) is 5.08. The molecule has 0 aliphatic carbocycles. The number of halogens is 1. The zero-order valence-electron chi connectivity index (χ0n) is 9.18. The van der Waals surface area contributed by atoms with E-state index in [1.165, 1.54) is 5.56 Å². The highest BCUT2D eigenvalue weighted by Crippen LogP contribution is 2.17. The second kappa shape index (κ2) is 6.50. The number of rotatable bonds is 4. The molecule has 0 aliphatic heterocycles. The Bertz CT molecular complexity index is 362. The molecule has 0 radical (unpaired) electrons. The quantitative estimate of drug-likeness (QED) is 0.771. The van der Waals surface area contributed by atoms with Crippen LogP contribution in [0, 0.1) is 11.8 Å². The van der Waals surface area contributed by atoms with Gasteiger partial charge in [-0.3, -0.25) is 0 Å². The van der Waals surface area contributed by atoms with Crippen molar-refractivity contribution in [3.63, 3.8) is 0 Å². The molecule has 0 bridgehead atoms. The van der Waals surface area contributed by atoms with Gasteiger partial charge in [0, 0.05) is 17.5 Å². The van der Waals surface area contributed by atoms with Crippen molar-refractivity contribution >= 4 is 11.6 Å².